The molecule has 0 radical (unpaired) electrons. The van der Waals surface area contributed by atoms with Crippen molar-refractivity contribution in [2.75, 3.05) is 11.9 Å². The first-order valence-electron chi connectivity index (χ1n) is 13.8. The summed E-state index contributed by atoms with van der Waals surface area (Å²) < 4.78 is 11.8. The molecule has 2 N–H and O–H groups in total. The lowest BCUT2D eigenvalue weighted by atomic mass is 10.0. The Hall–Kier alpha value is -5.21. The van der Waals surface area contributed by atoms with Crippen LogP contribution in [0.25, 0.3) is 16.2 Å². The number of ether oxygens (including phenoxy) is 2. The van der Waals surface area contributed by atoms with Crippen LogP contribution < -0.4 is 15.4 Å². The Kier molecular flexibility index (Phi) is 9.61. The number of carbonyl (C=O) groups excluding carboxylic acids is 3. The number of hydrogen-bond donors (Lipinski definition) is 2. The van der Waals surface area contributed by atoms with Gasteiger partial charge in [-0.15, -0.1) is 11.3 Å². The number of para-hydroxylation sites is 1. The minimum atomic E-state index is -0.823. The van der Waals surface area contributed by atoms with Crippen LogP contribution in [0.4, 0.5) is 5.69 Å². The fourth-order valence-corrected chi connectivity index (χ4v) is 5.34. The van der Waals surface area contributed by atoms with E-state index in [-0.39, 0.29) is 11.8 Å². The number of fused-ring (bicyclic) bond motifs is 1. The Morgan fingerprint density at radius 2 is 1.53 bits per heavy atom. The number of amides is 2. The Labute approximate surface area is 253 Å². The molecule has 1 heterocycles. The third-order valence-electron chi connectivity index (χ3n) is 6.47. The van der Waals surface area contributed by atoms with Gasteiger partial charge in [-0.05, 0) is 84.6 Å². The number of hydrogen-bond acceptors (Lipinski definition) is 6. The van der Waals surface area contributed by atoms with Crippen LogP contribution in [-0.4, -0.2) is 30.4 Å². The average molecular weight is 591 g/mol. The summed E-state index contributed by atoms with van der Waals surface area (Å²) in [5.74, 6) is 0.205. The van der Waals surface area contributed by atoms with Crippen molar-refractivity contribution in [1.29, 1.82) is 0 Å². The fourth-order valence-electron chi connectivity index (χ4n) is 4.39. The highest BCUT2D eigenvalue weighted by Gasteiger charge is 2.22. The SMILES string of the molecule is CCOC(=O)/C=C/c1cc2cc(NC(=O)C(Cc3ccccc3)NC(=O)c3ccc(Oc4ccccc4)cc3)ccc2s1. The number of esters is 1. The van der Waals surface area contributed by atoms with E-state index in [2.05, 4.69) is 10.6 Å². The summed E-state index contributed by atoms with van der Waals surface area (Å²) in [6.45, 7) is 2.08. The third kappa shape index (κ3) is 8.18. The Morgan fingerprint density at radius 1 is 0.837 bits per heavy atom. The number of anilines is 1. The molecule has 0 fully saturated rings. The van der Waals surface area contributed by atoms with E-state index in [1.54, 1.807) is 37.3 Å². The highest BCUT2D eigenvalue weighted by atomic mass is 32.1. The normalized spacial score (nSPS) is 11.7. The summed E-state index contributed by atoms with van der Waals surface area (Å²) in [6, 6.07) is 32.5. The smallest absolute Gasteiger partial charge is 0.330 e. The van der Waals surface area contributed by atoms with Gasteiger partial charge >= 0.3 is 5.97 Å². The standard InChI is InChI=1S/C35H30N2O5S/c1-2-41-33(38)20-18-30-23-26-22-27(15-19-32(26)43-30)36-35(40)31(21-24-9-5-3-6-10-24)37-34(39)25-13-16-29(17-14-25)42-28-11-7-4-8-12-28/h3-20,22-23,31H,2,21H2,1H3,(H,36,40)(H,37,39)/b20-18+. The molecule has 7 nitrogen and oxygen atoms in total. The first-order valence-corrected chi connectivity index (χ1v) is 14.7. The summed E-state index contributed by atoms with van der Waals surface area (Å²) >= 11 is 1.53. The molecular formula is C35H30N2O5S. The van der Waals surface area contributed by atoms with Gasteiger partial charge in [-0.1, -0.05) is 48.5 Å². The number of thiophene rings is 1. The maximum atomic E-state index is 13.5. The van der Waals surface area contributed by atoms with E-state index in [1.165, 1.54) is 17.4 Å². The van der Waals surface area contributed by atoms with Gasteiger partial charge in [0.1, 0.15) is 17.5 Å². The summed E-state index contributed by atoms with van der Waals surface area (Å²) in [6.07, 6.45) is 3.43. The highest BCUT2D eigenvalue weighted by Crippen LogP contribution is 2.29. The van der Waals surface area contributed by atoms with E-state index in [9.17, 15) is 14.4 Å². The zero-order valence-corrected chi connectivity index (χ0v) is 24.3. The molecular weight excluding hydrogens is 560 g/mol. The van der Waals surface area contributed by atoms with Crippen LogP contribution in [0, 0.1) is 0 Å². The van der Waals surface area contributed by atoms with E-state index in [1.807, 2.05) is 84.9 Å². The molecule has 5 aromatic rings. The molecule has 0 aliphatic heterocycles. The van der Waals surface area contributed by atoms with Crippen molar-refractivity contribution >= 4 is 51.0 Å². The van der Waals surface area contributed by atoms with Gasteiger partial charge in [0.2, 0.25) is 5.91 Å². The third-order valence-corrected chi connectivity index (χ3v) is 7.55. The Morgan fingerprint density at radius 3 is 2.26 bits per heavy atom. The summed E-state index contributed by atoms with van der Waals surface area (Å²) in [5, 5.41) is 6.79. The largest absolute Gasteiger partial charge is 0.463 e. The van der Waals surface area contributed by atoms with Gasteiger partial charge in [0.25, 0.3) is 5.91 Å². The van der Waals surface area contributed by atoms with Crippen LogP contribution >= 0.6 is 11.3 Å². The van der Waals surface area contributed by atoms with E-state index >= 15 is 0 Å². The van der Waals surface area contributed by atoms with Crippen molar-refractivity contribution in [1.82, 2.24) is 5.32 Å². The maximum absolute atomic E-state index is 13.5. The molecule has 216 valence electrons. The van der Waals surface area contributed by atoms with Crippen molar-refractivity contribution in [3.05, 3.63) is 131 Å². The lowest BCUT2D eigenvalue weighted by Gasteiger charge is -2.19. The van der Waals surface area contributed by atoms with Crippen molar-refractivity contribution < 1.29 is 23.9 Å². The molecule has 5 rings (SSSR count). The fraction of sp³-hybridized carbons (Fsp3) is 0.114. The minimum Gasteiger partial charge on any atom is -0.463 e. The topological polar surface area (TPSA) is 93.7 Å². The second kappa shape index (κ2) is 14.1. The van der Waals surface area contributed by atoms with Crippen molar-refractivity contribution in [3.8, 4) is 11.5 Å². The molecule has 0 spiro atoms. The molecule has 1 atom stereocenters. The number of benzene rings is 4. The lowest BCUT2D eigenvalue weighted by molar-refractivity contribution is -0.137. The van der Waals surface area contributed by atoms with E-state index in [0.717, 1.165) is 20.5 Å². The van der Waals surface area contributed by atoms with Crippen LogP contribution in [0.2, 0.25) is 0 Å². The molecule has 2 amide bonds. The molecule has 8 heteroatoms. The van der Waals surface area contributed by atoms with Crippen LogP contribution in [0.1, 0.15) is 27.7 Å². The van der Waals surface area contributed by atoms with E-state index < -0.39 is 12.0 Å². The molecule has 0 aliphatic rings. The average Bonchev–Trinajstić information content (AvgIpc) is 3.43. The second-order valence-corrected chi connectivity index (χ2v) is 10.7. The van der Waals surface area contributed by atoms with Crippen LogP contribution in [0.5, 0.6) is 11.5 Å². The van der Waals surface area contributed by atoms with Gasteiger partial charge in [-0.3, -0.25) is 9.59 Å². The van der Waals surface area contributed by atoms with Crippen LogP contribution in [-0.2, 0) is 20.7 Å². The van der Waals surface area contributed by atoms with E-state index in [4.69, 9.17) is 9.47 Å². The van der Waals surface area contributed by atoms with Gasteiger partial charge in [0.15, 0.2) is 0 Å². The second-order valence-electron chi connectivity index (χ2n) is 9.63. The number of nitrogens with one attached hydrogen (secondary N) is 2. The predicted octanol–water partition coefficient (Wildman–Crippen LogP) is 7.25. The first kappa shape index (κ1) is 29.3. The zero-order chi connectivity index (χ0) is 30.0. The first-order chi connectivity index (χ1) is 21.0. The molecule has 0 aliphatic carbocycles. The molecule has 0 saturated heterocycles. The van der Waals surface area contributed by atoms with Gasteiger partial charge in [0.05, 0.1) is 6.61 Å². The molecule has 43 heavy (non-hydrogen) atoms. The van der Waals surface area contributed by atoms with Crippen molar-refractivity contribution in [2.24, 2.45) is 0 Å². The lowest BCUT2D eigenvalue weighted by Crippen LogP contribution is -2.45. The van der Waals surface area contributed by atoms with Gasteiger partial charge in [0, 0.05) is 33.3 Å². The molecule has 0 saturated carbocycles. The molecule has 0 bridgehead atoms. The zero-order valence-electron chi connectivity index (χ0n) is 23.5. The minimum absolute atomic E-state index is 0.317. The highest BCUT2D eigenvalue weighted by molar-refractivity contribution is 7.19. The molecule has 4 aromatic carbocycles. The number of carbonyl (C=O) groups is 3. The Bertz CT molecular complexity index is 1730. The van der Waals surface area contributed by atoms with Crippen molar-refractivity contribution in [3.63, 3.8) is 0 Å². The van der Waals surface area contributed by atoms with Gasteiger partial charge in [-0.25, -0.2) is 4.79 Å². The summed E-state index contributed by atoms with van der Waals surface area (Å²) in [4.78, 5) is 39.3. The van der Waals surface area contributed by atoms with Crippen LogP contribution in [0.3, 0.4) is 0 Å². The number of rotatable bonds is 11. The quantitative estimate of drug-likeness (QED) is 0.125. The van der Waals surface area contributed by atoms with Crippen molar-refractivity contribution in [2.45, 2.75) is 19.4 Å². The monoisotopic (exact) mass is 590 g/mol. The Balaban J connectivity index is 1.29. The summed E-state index contributed by atoms with van der Waals surface area (Å²) in [7, 11) is 0. The maximum Gasteiger partial charge on any atom is 0.330 e. The van der Waals surface area contributed by atoms with Gasteiger partial charge in [-0.2, -0.15) is 0 Å². The van der Waals surface area contributed by atoms with Gasteiger partial charge < -0.3 is 20.1 Å². The van der Waals surface area contributed by atoms with E-state index in [0.29, 0.717) is 35.8 Å². The molecule has 1 aromatic heterocycles. The van der Waals surface area contributed by atoms with Crippen LogP contribution in [0.15, 0.2) is 115 Å². The summed E-state index contributed by atoms with van der Waals surface area (Å²) in [5.41, 5.74) is 1.93. The molecule has 1 unspecified atom stereocenters. The predicted molar refractivity (Wildman–Crippen MR) is 170 cm³/mol.